The summed E-state index contributed by atoms with van der Waals surface area (Å²) >= 11 is 0. The van der Waals surface area contributed by atoms with Gasteiger partial charge in [-0.1, -0.05) is 11.6 Å². The maximum Gasteiger partial charge on any atom is -0.00158 e. The Balaban J connectivity index is 2.02. The van der Waals surface area contributed by atoms with E-state index in [0.717, 1.165) is 0 Å². The molecule has 2 bridgehead atoms. The van der Waals surface area contributed by atoms with E-state index in [9.17, 15) is 0 Å². The Morgan fingerprint density at radius 1 is 0.786 bits per heavy atom. The first-order valence-corrected chi connectivity index (χ1v) is 6.35. The number of nitrogens with zero attached hydrogens (tertiary/aromatic N) is 1. The van der Waals surface area contributed by atoms with Gasteiger partial charge in [0.05, 0.1) is 0 Å². The molecular weight excluding hydrogens is 170 g/mol. The van der Waals surface area contributed by atoms with Crippen molar-refractivity contribution in [2.75, 3.05) is 19.6 Å². The number of hydrogen-bond acceptors (Lipinski definition) is 1. The molecule has 0 amide bonds. The van der Waals surface area contributed by atoms with Crippen LogP contribution in [-0.4, -0.2) is 24.5 Å². The Morgan fingerprint density at radius 3 is 2.14 bits per heavy atom. The highest BCUT2D eigenvalue weighted by atomic mass is 15.1. The molecule has 0 atom stereocenters. The lowest BCUT2D eigenvalue weighted by Crippen LogP contribution is -2.28. The molecular formula is C13H23N. The van der Waals surface area contributed by atoms with Crippen molar-refractivity contribution in [2.45, 2.75) is 51.4 Å². The summed E-state index contributed by atoms with van der Waals surface area (Å²) in [4.78, 5) is 2.68. The predicted octanol–water partition coefficient (Wildman–Crippen LogP) is 3.36. The molecule has 0 aromatic carbocycles. The number of rotatable bonds is 0. The highest BCUT2D eigenvalue weighted by Gasteiger charge is 2.09. The predicted molar refractivity (Wildman–Crippen MR) is 61.5 cm³/mol. The van der Waals surface area contributed by atoms with E-state index in [1.165, 1.54) is 71.0 Å². The fourth-order valence-corrected chi connectivity index (χ4v) is 2.66. The van der Waals surface area contributed by atoms with Gasteiger partial charge in [-0.05, 0) is 71.0 Å². The third-order valence-electron chi connectivity index (χ3n) is 3.56. The lowest BCUT2D eigenvalue weighted by molar-refractivity contribution is 0.254. The molecule has 0 saturated carbocycles. The Morgan fingerprint density at radius 2 is 1.43 bits per heavy atom. The summed E-state index contributed by atoms with van der Waals surface area (Å²) in [6.45, 7) is 4.05. The third kappa shape index (κ3) is 3.13. The number of fused-ring (bicyclic) bond motifs is 9. The molecule has 1 fully saturated rings. The smallest absolute Gasteiger partial charge is 0.00158 e. The Hall–Kier alpha value is -0.300. The maximum atomic E-state index is 2.68. The van der Waals surface area contributed by atoms with Crippen molar-refractivity contribution in [1.82, 2.24) is 4.90 Å². The molecule has 0 aromatic heterocycles. The van der Waals surface area contributed by atoms with Crippen LogP contribution >= 0.6 is 0 Å². The first kappa shape index (κ1) is 10.2. The lowest BCUT2D eigenvalue weighted by Gasteiger charge is -2.25. The summed E-state index contributed by atoms with van der Waals surface area (Å²) in [5.41, 5.74) is 1.76. The number of hydrogen-bond donors (Lipinski definition) is 0. The van der Waals surface area contributed by atoms with Gasteiger partial charge in [0.1, 0.15) is 0 Å². The molecule has 0 radical (unpaired) electrons. The van der Waals surface area contributed by atoms with Crippen LogP contribution in [0, 0.1) is 0 Å². The molecule has 1 saturated heterocycles. The summed E-state index contributed by atoms with van der Waals surface area (Å²) in [6.07, 6.45) is 13.7. The van der Waals surface area contributed by atoms with E-state index in [4.69, 9.17) is 0 Å². The number of allylic oxidation sites excluding steroid dienone is 2. The average Bonchev–Trinajstić information content (AvgIpc) is 2.25. The monoisotopic (exact) mass is 193 g/mol. The van der Waals surface area contributed by atoms with Crippen LogP contribution in [0.15, 0.2) is 11.6 Å². The van der Waals surface area contributed by atoms with Crippen molar-refractivity contribution in [2.24, 2.45) is 0 Å². The van der Waals surface area contributed by atoms with E-state index in [1.807, 2.05) is 0 Å². The molecule has 0 N–H and O–H groups in total. The van der Waals surface area contributed by atoms with Gasteiger partial charge in [-0.25, -0.2) is 0 Å². The molecule has 3 heterocycles. The minimum absolute atomic E-state index is 1.33. The van der Waals surface area contributed by atoms with Crippen LogP contribution in [0.2, 0.25) is 0 Å². The van der Waals surface area contributed by atoms with Gasteiger partial charge in [0, 0.05) is 0 Å². The largest absolute Gasteiger partial charge is 0.303 e. The molecule has 80 valence electrons. The molecule has 1 nitrogen and oxygen atoms in total. The second-order valence-electron chi connectivity index (χ2n) is 4.76. The summed E-state index contributed by atoms with van der Waals surface area (Å²) < 4.78 is 0. The van der Waals surface area contributed by atoms with Crippen molar-refractivity contribution < 1.29 is 0 Å². The standard InChI is InChI=1S/C13H23N/c1-4-10-14-11-5-2-8-13(7-1)9-3-6-12-14/h7H,1-6,8-12H2. The Labute approximate surface area is 88.2 Å². The summed E-state index contributed by atoms with van der Waals surface area (Å²) in [7, 11) is 0. The zero-order chi connectivity index (χ0) is 9.64. The topological polar surface area (TPSA) is 3.24 Å². The van der Waals surface area contributed by atoms with Crippen LogP contribution in [-0.2, 0) is 0 Å². The van der Waals surface area contributed by atoms with Gasteiger partial charge in [-0.3, -0.25) is 0 Å². The average molecular weight is 193 g/mol. The van der Waals surface area contributed by atoms with Crippen LogP contribution in [0.5, 0.6) is 0 Å². The van der Waals surface area contributed by atoms with Crippen LogP contribution < -0.4 is 0 Å². The molecule has 3 aliphatic heterocycles. The van der Waals surface area contributed by atoms with E-state index < -0.39 is 0 Å². The second-order valence-corrected chi connectivity index (χ2v) is 4.76. The highest BCUT2D eigenvalue weighted by Crippen LogP contribution is 2.20. The van der Waals surface area contributed by atoms with E-state index in [2.05, 4.69) is 11.0 Å². The first-order valence-electron chi connectivity index (χ1n) is 6.35. The van der Waals surface area contributed by atoms with E-state index in [-0.39, 0.29) is 0 Å². The quantitative estimate of drug-likeness (QED) is 0.533. The first-order chi connectivity index (χ1) is 6.95. The van der Waals surface area contributed by atoms with Crippen molar-refractivity contribution in [3.05, 3.63) is 11.6 Å². The molecule has 3 rings (SSSR count). The normalized spacial score (nSPS) is 30.3. The summed E-state index contributed by atoms with van der Waals surface area (Å²) in [6, 6.07) is 0. The zero-order valence-corrected chi connectivity index (χ0v) is 9.30. The fraction of sp³-hybridized carbons (Fsp3) is 0.846. The molecule has 14 heavy (non-hydrogen) atoms. The molecule has 3 aliphatic rings. The summed E-state index contributed by atoms with van der Waals surface area (Å²) in [5, 5.41) is 0. The van der Waals surface area contributed by atoms with Crippen LogP contribution in [0.3, 0.4) is 0 Å². The van der Waals surface area contributed by atoms with E-state index in [0.29, 0.717) is 0 Å². The second kappa shape index (κ2) is 5.55. The molecule has 0 unspecified atom stereocenters. The lowest BCUT2D eigenvalue weighted by atomic mass is 9.98. The Bertz CT molecular complexity index is 181. The van der Waals surface area contributed by atoms with Crippen molar-refractivity contribution in [3.8, 4) is 0 Å². The van der Waals surface area contributed by atoms with Crippen LogP contribution in [0.4, 0.5) is 0 Å². The Kier molecular flexibility index (Phi) is 4.05. The minimum atomic E-state index is 1.33. The van der Waals surface area contributed by atoms with Gasteiger partial charge < -0.3 is 4.90 Å². The van der Waals surface area contributed by atoms with Gasteiger partial charge in [0.15, 0.2) is 0 Å². The van der Waals surface area contributed by atoms with Crippen molar-refractivity contribution in [1.29, 1.82) is 0 Å². The molecule has 0 aliphatic carbocycles. The highest BCUT2D eigenvalue weighted by molar-refractivity contribution is 5.02. The molecule has 0 spiro atoms. The van der Waals surface area contributed by atoms with Gasteiger partial charge in [0.25, 0.3) is 0 Å². The van der Waals surface area contributed by atoms with Crippen LogP contribution in [0.1, 0.15) is 51.4 Å². The van der Waals surface area contributed by atoms with Gasteiger partial charge >= 0.3 is 0 Å². The van der Waals surface area contributed by atoms with Gasteiger partial charge in [-0.2, -0.15) is 0 Å². The van der Waals surface area contributed by atoms with E-state index in [1.54, 1.807) is 5.57 Å². The maximum absolute atomic E-state index is 2.68. The minimum Gasteiger partial charge on any atom is -0.303 e. The molecule has 0 aromatic rings. The molecule has 1 heteroatoms. The van der Waals surface area contributed by atoms with E-state index >= 15 is 0 Å². The third-order valence-corrected chi connectivity index (χ3v) is 3.56. The van der Waals surface area contributed by atoms with Crippen molar-refractivity contribution >= 4 is 0 Å². The zero-order valence-electron chi connectivity index (χ0n) is 9.30. The SMILES string of the molecule is C1=C2CCCCN(CCC1)CCCC2. The van der Waals surface area contributed by atoms with Crippen molar-refractivity contribution in [3.63, 3.8) is 0 Å². The fourth-order valence-electron chi connectivity index (χ4n) is 2.66. The summed E-state index contributed by atoms with van der Waals surface area (Å²) in [5.74, 6) is 0. The van der Waals surface area contributed by atoms with Gasteiger partial charge in [-0.15, -0.1) is 0 Å². The van der Waals surface area contributed by atoms with Crippen LogP contribution in [0.25, 0.3) is 0 Å². The van der Waals surface area contributed by atoms with Gasteiger partial charge in [0.2, 0.25) is 0 Å².